The van der Waals surface area contributed by atoms with Gasteiger partial charge in [-0.25, -0.2) is 9.78 Å². The summed E-state index contributed by atoms with van der Waals surface area (Å²) in [6, 6.07) is 1.14. The monoisotopic (exact) mass is 483 g/mol. The molecule has 1 aliphatic carbocycles. The van der Waals surface area contributed by atoms with E-state index in [2.05, 4.69) is 34.8 Å². The predicted molar refractivity (Wildman–Crippen MR) is 132 cm³/mol. The molecule has 0 unspecified atom stereocenters. The molecule has 190 valence electrons. The van der Waals surface area contributed by atoms with Crippen molar-refractivity contribution in [1.29, 1.82) is 0 Å². The van der Waals surface area contributed by atoms with Crippen molar-refractivity contribution in [2.24, 2.45) is 11.8 Å². The molecule has 4 amide bonds. The minimum Gasteiger partial charge on any atom is -0.381 e. The van der Waals surface area contributed by atoms with Crippen LogP contribution in [0.5, 0.6) is 0 Å². The number of anilines is 2. The quantitative estimate of drug-likeness (QED) is 0.608. The van der Waals surface area contributed by atoms with E-state index in [1.54, 1.807) is 12.3 Å². The van der Waals surface area contributed by atoms with E-state index >= 15 is 0 Å². The Balaban J connectivity index is 1.33. The number of ether oxygens (including phenoxy) is 1. The fourth-order valence-corrected chi connectivity index (χ4v) is 6.26. The largest absolute Gasteiger partial charge is 0.381 e. The number of amides is 4. The first-order valence-electron chi connectivity index (χ1n) is 13.1. The molecule has 3 aliphatic heterocycles. The molecule has 0 radical (unpaired) electrons. The van der Waals surface area contributed by atoms with Gasteiger partial charge in [-0.05, 0) is 57.3 Å². The van der Waals surface area contributed by atoms with Crippen LogP contribution in [0.1, 0.15) is 70.8 Å². The smallest absolute Gasteiger partial charge is 0.318 e. The zero-order valence-electron chi connectivity index (χ0n) is 20.8. The normalized spacial score (nSPS) is 28.3. The molecule has 4 aliphatic rings. The standard InChI is InChI=1S/C26H37N5O4/c1-16-5-7-18(8-6-16)22(30-25(34)31-11-3-4-17(31)2)23(32)29-21-14-20-19(15-27-21)26(24(33)28-20)9-12-35-13-10-26/h14-18,22H,3-13H2,1-2H3,(H,28,33)(H,30,34)(H,27,29,32)/t16?,17-,18?,22+/m1/s1. The lowest BCUT2D eigenvalue weighted by atomic mass is 9.76. The summed E-state index contributed by atoms with van der Waals surface area (Å²) in [6.45, 7) is 6.11. The summed E-state index contributed by atoms with van der Waals surface area (Å²) in [5.41, 5.74) is 0.975. The minimum atomic E-state index is -0.616. The second-order valence-corrected chi connectivity index (χ2v) is 10.9. The van der Waals surface area contributed by atoms with Crippen LogP contribution in [0.25, 0.3) is 0 Å². The summed E-state index contributed by atoms with van der Waals surface area (Å²) in [6.07, 6.45) is 8.87. The molecule has 1 saturated carbocycles. The molecule has 2 saturated heterocycles. The van der Waals surface area contributed by atoms with Crippen molar-refractivity contribution < 1.29 is 19.1 Å². The first-order valence-corrected chi connectivity index (χ1v) is 13.1. The van der Waals surface area contributed by atoms with Crippen LogP contribution in [0.4, 0.5) is 16.3 Å². The Morgan fingerprint density at radius 1 is 1.17 bits per heavy atom. The number of fused-ring (bicyclic) bond motifs is 2. The Morgan fingerprint density at radius 2 is 1.91 bits per heavy atom. The Bertz CT molecular complexity index is 984. The second kappa shape index (κ2) is 9.76. The molecule has 2 atom stereocenters. The van der Waals surface area contributed by atoms with Gasteiger partial charge >= 0.3 is 6.03 Å². The van der Waals surface area contributed by atoms with Gasteiger partial charge in [-0.1, -0.05) is 19.8 Å². The number of hydrogen-bond donors (Lipinski definition) is 3. The Labute approximate surface area is 206 Å². The molecule has 5 rings (SSSR count). The fourth-order valence-electron chi connectivity index (χ4n) is 6.26. The molecule has 4 heterocycles. The number of nitrogens with zero attached hydrogens (tertiary/aromatic N) is 2. The Kier molecular flexibility index (Phi) is 6.70. The van der Waals surface area contributed by atoms with Crippen molar-refractivity contribution in [3.05, 3.63) is 17.8 Å². The molecule has 0 bridgehead atoms. The molecular weight excluding hydrogens is 446 g/mol. The van der Waals surface area contributed by atoms with E-state index in [9.17, 15) is 14.4 Å². The van der Waals surface area contributed by atoms with Crippen molar-refractivity contribution in [3.63, 3.8) is 0 Å². The van der Waals surface area contributed by atoms with E-state index in [4.69, 9.17) is 4.74 Å². The summed E-state index contributed by atoms with van der Waals surface area (Å²) >= 11 is 0. The van der Waals surface area contributed by atoms with Crippen LogP contribution in [-0.2, 0) is 19.7 Å². The van der Waals surface area contributed by atoms with Crippen molar-refractivity contribution in [3.8, 4) is 0 Å². The maximum absolute atomic E-state index is 13.5. The number of pyridine rings is 1. The molecule has 1 spiro atoms. The van der Waals surface area contributed by atoms with Gasteiger partial charge in [0.2, 0.25) is 11.8 Å². The van der Waals surface area contributed by atoms with Gasteiger partial charge in [0.15, 0.2) is 0 Å². The van der Waals surface area contributed by atoms with Gasteiger partial charge in [0.1, 0.15) is 11.9 Å². The summed E-state index contributed by atoms with van der Waals surface area (Å²) < 4.78 is 5.47. The summed E-state index contributed by atoms with van der Waals surface area (Å²) in [7, 11) is 0. The second-order valence-electron chi connectivity index (χ2n) is 10.9. The first-order chi connectivity index (χ1) is 16.9. The van der Waals surface area contributed by atoms with E-state index < -0.39 is 11.5 Å². The number of carbonyl (C=O) groups is 3. The van der Waals surface area contributed by atoms with Crippen molar-refractivity contribution in [1.82, 2.24) is 15.2 Å². The van der Waals surface area contributed by atoms with E-state index in [0.717, 1.165) is 50.6 Å². The van der Waals surface area contributed by atoms with Gasteiger partial charge in [0.05, 0.1) is 11.1 Å². The summed E-state index contributed by atoms with van der Waals surface area (Å²) in [5, 5.41) is 8.98. The van der Waals surface area contributed by atoms with Crippen molar-refractivity contribution in [2.45, 2.75) is 82.7 Å². The lowest BCUT2D eigenvalue weighted by molar-refractivity contribution is -0.124. The van der Waals surface area contributed by atoms with Crippen LogP contribution in [0, 0.1) is 11.8 Å². The van der Waals surface area contributed by atoms with Crippen molar-refractivity contribution >= 4 is 29.4 Å². The number of aromatic nitrogens is 1. The van der Waals surface area contributed by atoms with Crippen LogP contribution < -0.4 is 16.0 Å². The fraction of sp³-hybridized carbons (Fsp3) is 0.692. The van der Waals surface area contributed by atoms with Crippen LogP contribution in [-0.4, -0.2) is 59.6 Å². The average Bonchev–Trinajstić information content (AvgIpc) is 3.39. The Hall–Kier alpha value is -2.68. The zero-order valence-corrected chi connectivity index (χ0v) is 20.8. The first kappa shape index (κ1) is 24.0. The third-order valence-electron chi connectivity index (χ3n) is 8.61. The van der Waals surface area contributed by atoms with Crippen LogP contribution in [0.3, 0.4) is 0 Å². The van der Waals surface area contributed by atoms with Crippen LogP contribution in [0.15, 0.2) is 12.3 Å². The van der Waals surface area contributed by atoms with E-state index in [1.165, 1.54) is 0 Å². The lowest BCUT2D eigenvalue weighted by Crippen LogP contribution is -2.53. The molecule has 35 heavy (non-hydrogen) atoms. The molecule has 0 aromatic carbocycles. The number of hydrogen-bond acceptors (Lipinski definition) is 5. The third kappa shape index (κ3) is 4.62. The van der Waals surface area contributed by atoms with Gasteiger partial charge in [-0.15, -0.1) is 0 Å². The van der Waals surface area contributed by atoms with Crippen LogP contribution in [0.2, 0.25) is 0 Å². The zero-order chi connectivity index (χ0) is 24.6. The lowest BCUT2D eigenvalue weighted by Gasteiger charge is -2.34. The topological polar surface area (TPSA) is 113 Å². The summed E-state index contributed by atoms with van der Waals surface area (Å²) in [5.74, 6) is 0.845. The molecule has 1 aromatic rings. The van der Waals surface area contributed by atoms with Gasteiger partial charge < -0.3 is 25.6 Å². The maximum atomic E-state index is 13.5. The predicted octanol–water partition coefficient (Wildman–Crippen LogP) is 3.41. The average molecular weight is 484 g/mol. The molecule has 3 N–H and O–H groups in total. The number of urea groups is 1. The number of carbonyl (C=O) groups excluding carboxylic acids is 3. The van der Waals surface area contributed by atoms with Gasteiger partial charge in [0, 0.05) is 43.6 Å². The molecule has 3 fully saturated rings. The number of nitrogens with one attached hydrogen (secondary N) is 3. The molecule has 9 nitrogen and oxygen atoms in total. The van der Waals surface area contributed by atoms with Gasteiger partial charge in [0.25, 0.3) is 0 Å². The van der Waals surface area contributed by atoms with Crippen LogP contribution >= 0.6 is 0 Å². The highest BCUT2D eigenvalue weighted by Crippen LogP contribution is 2.44. The van der Waals surface area contributed by atoms with E-state index in [0.29, 0.717) is 43.5 Å². The van der Waals surface area contributed by atoms with E-state index in [-0.39, 0.29) is 29.8 Å². The summed E-state index contributed by atoms with van der Waals surface area (Å²) in [4.78, 5) is 45.7. The molecule has 1 aromatic heterocycles. The highest BCUT2D eigenvalue weighted by molar-refractivity contribution is 6.07. The van der Waals surface area contributed by atoms with Gasteiger partial charge in [-0.3, -0.25) is 9.59 Å². The maximum Gasteiger partial charge on any atom is 0.318 e. The highest BCUT2D eigenvalue weighted by atomic mass is 16.5. The van der Waals surface area contributed by atoms with Gasteiger partial charge in [-0.2, -0.15) is 0 Å². The van der Waals surface area contributed by atoms with E-state index in [1.807, 2.05) is 4.90 Å². The highest BCUT2D eigenvalue weighted by Gasteiger charge is 2.48. The third-order valence-corrected chi connectivity index (χ3v) is 8.61. The molecular formula is C26H37N5O4. The number of likely N-dealkylation sites (tertiary alicyclic amines) is 1. The SMILES string of the molecule is CC1CCC([C@H](NC(=O)N2CCC[C@H]2C)C(=O)Nc2cc3c(cn2)C2(CCOCC2)C(=O)N3)CC1. The number of rotatable bonds is 4. The minimum absolute atomic E-state index is 0.0257. The Morgan fingerprint density at radius 3 is 2.60 bits per heavy atom. The molecule has 9 heteroatoms. The van der Waals surface area contributed by atoms with Crippen molar-refractivity contribution in [2.75, 3.05) is 30.4 Å².